The van der Waals surface area contributed by atoms with Crippen molar-refractivity contribution in [3.05, 3.63) is 59.2 Å². The third kappa shape index (κ3) is 2.37. The van der Waals surface area contributed by atoms with E-state index < -0.39 is 0 Å². The number of pyridine rings is 2. The molecule has 0 aliphatic carbocycles. The zero-order valence-corrected chi connectivity index (χ0v) is 12.8. The van der Waals surface area contributed by atoms with E-state index in [4.69, 9.17) is 0 Å². The first-order chi connectivity index (χ1) is 11.2. The summed E-state index contributed by atoms with van der Waals surface area (Å²) in [7, 11) is 0. The summed E-state index contributed by atoms with van der Waals surface area (Å²) >= 11 is 0. The summed E-state index contributed by atoms with van der Waals surface area (Å²) in [4.78, 5) is 21.5. The van der Waals surface area contributed by atoms with Gasteiger partial charge in [0.05, 0.1) is 6.20 Å². The molecule has 116 valence electrons. The summed E-state index contributed by atoms with van der Waals surface area (Å²) in [6, 6.07) is 5.71. The molecule has 4 heterocycles. The van der Waals surface area contributed by atoms with Crippen LogP contribution in [-0.4, -0.2) is 26.8 Å². The average molecular weight is 307 g/mol. The molecule has 2 N–H and O–H groups in total. The van der Waals surface area contributed by atoms with Gasteiger partial charge in [0.15, 0.2) is 0 Å². The van der Waals surface area contributed by atoms with Gasteiger partial charge in [0.2, 0.25) is 0 Å². The monoisotopic (exact) mass is 307 g/mol. The van der Waals surface area contributed by atoms with Gasteiger partial charge < -0.3 is 10.6 Å². The molecule has 0 saturated heterocycles. The summed E-state index contributed by atoms with van der Waals surface area (Å²) in [6.07, 6.45) is 6.14. The zero-order chi connectivity index (χ0) is 15.8. The lowest BCUT2D eigenvalue weighted by molar-refractivity contribution is 0.102. The molecular weight excluding hydrogens is 290 g/mol. The molecule has 6 heteroatoms. The van der Waals surface area contributed by atoms with Crippen LogP contribution in [0.4, 0.5) is 5.82 Å². The first-order valence-corrected chi connectivity index (χ1v) is 7.65. The Bertz CT molecular complexity index is 899. The van der Waals surface area contributed by atoms with Crippen molar-refractivity contribution in [2.45, 2.75) is 19.9 Å². The number of carbonyl (C=O) groups excluding carboxylic acids is 1. The van der Waals surface area contributed by atoms with E-state index >= 15 is 0 Å². The average Bonchev–Trinajstić information content (AvgIpc) is 2.99. The van der Waals surface area contributed by atoms with Crippen LogP contribution in [-0.2, 0) is 13.0 Å². The number of fused-ring (bicyclic) bond motifs is 2. The molecule has 4 rings (SSSR count). The molecule has 0 saturated carbocycles. The van der Waals surface area contributed by atoms with Gasteiger partial charge in [0.1, 0.15) is 11.5 Å². The molecule has 1 aliphatic rings. The van der Waals surface area contributed by atoms with Gasteiger partial charge >= 0.3 is 0 Å². The molecule has 6 nitrogen and oxygen atoms in total. The van der Waals surface area contributed by atoms with Gasteiger partial charge in [-0.05, 0) is 24.6 Å². The Morgan fingerprint density at radius 2 is 2.26 bits per heavy atom. The van der Waals surface area contributed by atoms with E-state index in [0.717, 1.165) is 35.4 Å². The highest BCUT2D eigenvalue weighted by Crippen LogP contribution is 2.19. The number of hydrogen-bond acceptors (Lipinski definition) is 4. The number of nitrogens with zero attached hydrogens (tertiary/aromatic N) is 3. The number of hydrogen-bond donors (Lipinski definition) is 2. The molecule has 1 amide bonds. The standard InChI is InChI=1S/C17H17N5O/c1-11-3-2-8-22-15(10-20-16(11)22)21-17(23)12-4-7-19-14-5-6-18-9-13(12)14/h2-4,7-8,10,18H,5-6,9H2,1H3,(H,21,23). The fraction of sp³-hybridized carbons (Fsp3) is 0.235. The Morgan fingerprint density at radius 3 is 3.17 bits per heavy atom. The van der Waals surface area contributed by atoms with Crippen molar-refractivity contribution in [3.63, 3.8) is 0 Å². The minimum atomic E-state index is -0.129. The van der Waals surface area contributed by atoms with E-state index in [0.29, 0.717) is 17.9 Å². The second kappa shape index (κ2) is 5.48. The van der Waals surface area contributed by atoms with Crippen molar-refractivity contribution in [1.82, 2.24) is 19.7 Å². The van der Waals surface area contributed by atoms with Gasteiger partial charge in [0.25, 0.3) is 5.91 Å². The summed E-state index contributed by atoms with van der Waals surface area (Å²) in [5.74, 6) is 0.540. The Balaban J connectivity index is 1.69. The van der Waals surface area contributed by atoms with Crippen LogP contribution in [0.3, 0.4) is 0 Å². The number of anilines is 1. The van der Waals surface area contributed by atoms with Gasteiger partial charge in [-0.3, -0.25) is 14.2 Å². The number of imidazole rings is 1. The third-order valence-electron chi connectivity index (χ3n) is 4.20. The number of aromatic nitrogens is 3. The van der Waals surface area contributed by atoms with Crippen molar-refractivity contribution in [2.75, 3.05) is 11.9 Å². The maximum absolute atomic E-state index is 12.7. The molecule has 23 heavy (non-hydrogen) atoms. The van der Waals surface area contributed by atoms with Crippen LogP contribution in [0.1, 0.15) is 27.2 Å². The molecule has 3 aromatic rings. The molecule has 0 atom stereocenters. The highest BCUT2D eigenvalue weighted by molar-refractivity contribution is 6.05. The van der Waals surface area contributed by atoms with E-state index in [1.807, 2.05) is 29.7 Å². The first-order valence-electron chi connectivity index (χ1n) is 7.65. The smallest absolute Gasteiger partial charge is 0.257 e. The lowest BCUT2D eigenvalue weighted by Gasteiger charge is -2.18. The van der Waals surface area contributed by atoms with Crippen molar-refractivity contribution in [2.24, 2.45) is 0 Å². The van der Waals surface area contributed by atoms with Crippen LogP contribution in [0.25, 0.3) is 5.65 Å². The van der Waals surface area contributed by atoms with E-state index in [-0.39, 0.29) is 5.91 Å². The molecule has 3 aromatic heterocycles. The van der Waals surface area contributed by atoms with Crippen molar-refractivity contribution >= 4 is 17.4 Å². The Labute approximate surface area is 133 Å². The summed E-state index contributed by atoms with van der Waals surface area (Å²) in [6.45, 7) is 3.58. The molecule has 0 spiro atoms. The molecule has 0 radical (unpaired) electrons. The van der Waals surface area contributed by atoms with Crippen LogP contribution in [0.5, 0.6) is 0 Å². The van der Waals surface area contributed by atoms with Crippen molar-refractivity contribution < 1.29 is 4.79 Å². The molecule has 0 unspecified atom stereocenters. The van der Waals surface area contributed by atoms with Gasteiger partial charge in [-0.1, -0.05) is 6.07 Å². The van der Waals surface area contributed by atoms with Gasteiger partial charge in [-0.2, -0.15) is 0 Å². The van der Waals surface area contributed by atoms with Crippen LogP contribution >= 0.6 is 0 Å². The second-order valence-corrected chi connectivity index (χ2v) is 5.69. The lowest BCUT2D eigenvalue weighted by atomic mass is 10.0. The van der Waals surface area contributed by atoms with Crippen molar-refractivity contribution in [3.8, 4) is 0 Å². The number of carbonyl (C=O) groups is 1. The third-order valence-corrected chi connectivity index (χ3v) is 4.20. The lowest BCUT2D eigenvalue weighted by Crippen LogP contribution is -2.28. The van der Waals surface area contributed by atoms with Gasteiger partial charge in [0, 0.05) is 48.7 Å². The van der Waals surface area contributed by atoms with Crippen LogP contribution in [0.15, 0.2) is 36.8 Å². The number of rotatable bonds is 2. The molecule has 0 bridgehead atoms. The Kier molecular flexibility index (Phi) is 3.31. The number of aryl methyl sites for hydroxylation is 1. The Hall–Kier alpha value is -2.73. The largest absolute Gasteiger partial charge is 0.312 e. The highest BCUT2D eigenvalue weighted by atomic mass is 16.1. The van der Waals surface area contributed by atoms with E-state index in [1.54, 1.807) is 18.5 Å². The van der Waals surface area contributed by atoms with E-state index in [2.05, 4.69) is 20.6 Å². The molecule has 0 fully saturated rings. The van der Waals surface area contributed by atoms with E-state index in [1.165, 1.54) is 0 Å². The van der Waals surface area contributed by atoms with Crippen LogP contribution in [0, 0.1) is 6.92 Å². The predicted molar refractivity (Wildman–Crippen MR) is 87.5 cm³/mol. The summed E-state index contributed by atoms with van der Waals surface area (Å²) < 4.78 is 1.89. The maximum Gasteiger partial charge on any atom is 0.257 e. The minimum Gasteiger partial charge on any atom is -0.312 e. The normalized spacial score (nSPS) is 13.8. The summed E-state index contributed by atoms with van der Waals surface area (Å²) in [5, 5.41) is 6.26. The van der Waals surface area contributed by atoms with E-state index in [9.17, 15) is 4.79 Å². The molecule has 0 aromatic carbocycles. The predicted octanol–water partition coefficient (Wildman–Crippen LogP) is 1.94. The van der Waals surface area contributed by atoms with Gasteiger partial charge in [-0.25, -0.2) is 4.98 Å². The molecule has 1 aliphatic heterocycles. The fourth-order valence-electron chi connectivity index (χ4n) is 3.01. The topological polar surface area (TPSA) is 71.3 Å². The highest BCUT2D eigenvalue weighted by Gasteiger charge is 2.19. The van der Waals surface area contributed by atoms with Crippen LogP contribution in [0.2, 0.25) is 0 Å². The zero-order valence-electron chi connectivity index (χ0n) is 12.8. The fourth-order valence-corrected chi connectivity index (χ4v) is 3.01. The minimum absolute atomic E-state index is 0.129. The van der Waals surface area contributed by atoms with Crippen molar-refractivity contribution in [1.29, 1.82) is 0 Å². The number of nitrogens with one attached hydrogen (secondary N) is 2. The van der Waals surface area contributed by atoms with Crippen LogP contribution < -0.4 is 10.6 Å². The second-order valence-electron chi connectivity index (χ2n) is 5.69. The molecular formula is C17H17N5O. The SMILES string of the molecule is Cc1cccn2c(NC(=O)c3ccnc4c3CNCC4)cnc12. The summed E-state index contributed by atoms with van der Waals surface area (Å²) in [5.41, 5.74) is 4.58. The maximum atomic E-state index is 12.7. The Morgan fingerprint density at radius 1 is 1.35 bits per heavy atom. The first kappa shape index (κ1) is 13.9. The van der Waals surface area contributed by atoms with Gasteiger partial charge in [-0.15, -0.1) is 0 Å². The quantitative estimate of drug-likeness (QED) is 0.759. The number of amides is 1.